The maximum absolute atomic E-state index is 12.0. The number of rotatable bonds is 5. The molecule has 110 valence electrons. The zero-order valence-corrected chi connectivity index (χ0v) is 12.1. The number of ether oxygens (including phenoxy) is 2. The van der Waals surface area contributed by atoms with Gasteiger partial charge < -0.3 is 20.1 Å². The van der Waals surface area contributed by atoms with Gasteiger partial charge in [-0.1, -0.05) is 6.42 Å². The van der Waals surface area contributed by atoms with E-state index in [1.165, 1.54) is 12.8 Å². The summed E-state index contributed by atoms with van der Waals surface area (Å²) in [7, 11) is 3.18. The summed E-state index contributed by atoms with van der Waals surface area (Å²) in [4.78, 5) is 12.0. The number of nitrogens with one attached hydrogen (secondary N) is 2. The largest absolute Gasteiger partial charge is 0.497 e. The Morgan fingerprint density at radius 3 is 2.50 bits per heavy atom. The molecule has 2 N–H and O–H groups in total. The van der Waals surface area contributed by atoms with E-state index in [1.54, 1.807) is 32.4 Å². The van der Waals surface area contributed by atoms with E-state index in [9.17, 15) is 4.79 Å². The molecule has 1 amide bonds. The lowest BCUT2D eigenvalue weighted by molar-refractivity contribution is -0.116. The Balaban J connectivity index is 1.95. The highest BCUT2D eigenvalue weighted by Gasteiger charge is 2.16. The molecule has 0 saturated carbocycles. The van der Waals surface area contributed by atoms with E-state index in [1.807, 2.05) is 0 Å². The number of amides is 1. The number of anilines is 1. The number of methoxy groups -OCH3 is 2. The third-order valence-electron chi connectivity index (χ3n) is 3.48. The molecule has 1 fully saturated rings. The standard InChI is InChI=1S/C15H22N2O3/c1-19-13-7-12(8-14(10-13)20-2)17-15(18)9-11-5-3-4-6-16-11/h7-8,10-11,16H,3-6,9H2,1-2H3,(H,17,18). The Morgan fingerprint density at radius 1 is 1.25 bits per heavy atom. The molecule has 1 unspecified atom stereocenters. The van der Waals surface area contributed by atoms with Crippen LogP contribution in [0.1, 0.15) is 25.7 Å². The molecule has 1 aromatic rings. The van der Waals surface area contributed by atoms with Crippen molar-refractivity contribution in [2.75, 3.05) is 26.1 Å². The average molecular weight is 278 g/mol. The summed E-state index contributed by atoms with van der Waals surface area (Å²) in [5.41, 5.74) is 0.696. The maximum Gasteiger partial charge on any atom is 0.225 e. The van der Waals surface area contributed by atoms with Crippen molar-refractivity contribution in [3.8, 4) is 11.5 Å². The third kappa shape index (κ3) is 4.13. The van der Waals surface area contributed by atoms with Gasteiger partial charge in [-0.2, -0.15) is 0 Å². The highest BCUT2D eigenvalue weighted by Crippen LogP contribution is 2.26. The van der Waals surface area contributed by atoms with Crippen LogP contribution in [0.3, 0.4) is 0 Å². The molecule has 5 heteroatoms. The first-order chi connectivity index (χ1) is 9.71. The van der Waals surface area contributed by atoms with Crippen LogP contribution >= 0.6 is 0 Å². The molecule has 0 spiro atoms. The Morgan fingerprint density at radius 2 is 1.95 bits per heavy atom. The number of piperidine rings is 1. The lowest BCUT2D eigenvalue weighted by atomic mass is 10.0. The van der Waals surface area contributed by atoms with E-state index in [0.29, 0.717) is 23.6 Å². The van der Waals surface area contributed by atoms with Gasteiger partial charge in [-0.25, -0.2) is 0 Å². The summed E-state index contributed by atoms with van der Waals surface area (Å²) >= 11 is 0. The summed E-state index contributed by atoms with van der Waals surface area (Å²) in [5.74, 6) is 1.34. The Kier molecular flexibility index (Phi) is 5.24. The van der Waals surface area contributed by atoms with Gasteiger partial charge in [0.2, 0.25) is 5.91 Å². The third-order valence-corrected chi connectivity index (χ3v) is 3.48. The molecule has 1 aromatic carbocycles. The van der Waals surface area contributed by atoms with E-state index in [0.717, 1.165) is 13.0 Å². The van der Waals surface area contributed by atoms with Crippen molar-refractivity contribution in [2.24, 2.45) is 0 Å². The first kappa shape index (κ1) is 14.7. The topological polar surface area (TPSA) is 59.6 Å². The molecule has 0 radical (unpaired) electrons. The van der Waals surface area contributed by atoms with Crippen molar-refractivity contribution >= 4 is 11.6 Å². The second-order valence-electron chi connectivity index (χ2n) is 5.00. The first-order valence-corrected chi connectivity index (χ1v) is 6.97. The predicted molar refractivity (Wildman–Crippen MR) is 78.4 cm³/mol. The molecule has 1 aliphatic rings. The summed E-state index contributed by atoms with van der Waals surface area (Å²) in [6, 6.07) is 5.64. The monoisotopic (exact) mass is 278 g/mol. The van der Waals surface area contributed by atoms with Gasteiger partial charge >= 0.3 is 0 Å². The fourth-order valence-electron chi connectivity index (χ4n) is 2.41. The van der Waals surface area contributed by atoms with Crippen LogP contribution in [-0.2, 0) is 4.79 Å². The molecule has 0 bridgehead atoms. The molecule has 20 heavy (non-hydrogen) atoms. The van der Waals surface area contributed by atoms with Gasteiger partial charge in [-0.05, 0) is 19.4 Å². The number of hydrogen-bond acceptors (Lipinski definition) is 4. The highest BCUT2D eigenvalue weighted by molar-refractivity contribution is 5.91. The maximum atomic E-state index is 12.0. The second kappa shape index (κ2) is 7.14. The normalized spacial score (nSPS) is 18.4. The van der Waals surface area contributed by atoms with Crippen molar-refractivity contribution in [1.29, 1.82) is 0 Å². The first-order valence-electron chi connectivity index (χ1n) is 6.97. The Hall–Kier alpha value is -1.75. The van der Waals surface area contributed by atoms with Crippen LogP contribution in [0.2, 0.25) is 0 Å². The van der Waals surface area contributed by atoms with Crippen molar-refractivity contribution in [2.45, 2.75) is 31.7 Å². The SMILES string of the molecule is COc1cc(NC(=O)CC2CCCCN2)cc(OC)c1. The number of benzene rings is 1. The fraction of sp³-hybridized carbons (Fsp3) is 0.533. The number of carbonyl (C=O) groups excluding carboxylic acids is 1. The van der Waals surface area contributed by atoms with Gasteiger partial charge in [0.15, 0.2) is 0 Å². The predicted octanol–water partition coefficient (Wildman–Crippen LogP) is 2.17. The average Bonchev–Trinajstić information content (AvgIpc) is 2.47. The van der Waals surface area contributed by atoms with Crippen LogP contribution in [0, 0.1) is 0 Å². The molecule has 1 atom stereocenters. The highest BCUT2D eigenvalue weighted by atomic mass is 16.5. The molecule has 5 nitrogen and oxygen atoms in total. The van der Waals surface area contributed by atoms with Gasteiger partial charge in [-0.3, -0.25) is 4.79 Å². The van der Waals surface area contributed by atoms with Gasteiger partial charge in [0.25, 0.3) is 0 Å². The quantitative estimate of drug-likeness (QED) is 0.866. The van der Waals surface area contributed by atoms with Crippen molar-refractivity contribution in [3.63, 3.8) is 0 Å². The van der Waals surface area contributed by atoms with Crippen LogP contribution in [0.5, 0.6) is 11.5 Å². The lowest BCUT2D eigenvalue weighted by Gasteiger charge is -2.22. The lowest BCUT2D eigenvalue weighted by Crippen LogP contribution is -2.36. The molecule has 2 rings (SSSR count). The molecule has 0 aromatic heterocycles. The van der Waals surface area contributed by atoms with Crippen molar-refractivity contribution in [3.05, 3.63) is 18.2 Å². The summed E-state index contributed by atoms with van der Waals surface area (Å²) in [6.45, 7) is 1.00. The second-order valence-corrected chi connectivity index (χ2v) is 5.00. The van der Waals surface area contributed by atoms with E-state index in [2.05, 4.69) is 10.6 Å². The van der Waals surface area contributed by atoms with Gasteiger partial charge in [0, 0.05) is 36.3 Å². The van der Waals surface area contributed by atoms with E-state index in [-0.39, 0.29) is 11.9 Å². The minimum atomic E-state index is 0.0136. The summed E-state index contributed by atoms with van der Waals surface area (Å²) in [5, 5.41) is 6.27. The zero-order chi connectivity index (χ0) is 14.4. The van der Waals surface area contributed by atoms with Crippen LogP contribution < -0.4 is 20.1 Å². The molecule has 1 heterocycles. The van der Waals surface area contributed by atoms with E-state index < -0.39 is 0 Å². The minimum Gasteiger partial charge on any atom is -0.497 e. The van der Waals surface area contributed by atoms with Crippen molar-refractivity contribution in [1.82, 2.24) is 5.32 Å². The Labute approximate surface area is 119 Å². The van der Waals surface area contributed by atoms with E-state index >= 15 is 0 Å². The minimum absolute atomic E-state index is 0.0136. The smallest absolute Gasteiger partial charge is 0.225 e. The van der Waals surface area contributed by atoms with Crippen LogP contribution in [-0.4, -0.2) is 32.7 Å². The summed E-state index contributed by atoms with van der Waals surface area (Å²) in [6.07, 6.45) is 3.96. The number of carbonyl (C=O) groups is 1. The fourth-order valence-corrected chi connectivity index (χ4v) is 2.41. The molecular weight excluding hydrogens is 256 g/mol. The van der Waals surface area contributed by atoms with Crippen LogP contribution in [0.25, 0.3) is 0 Å². The van der Waals surface area contributed by atoms with Gasteiger partial charge in [0.1, 0.15) is 11.5 Å². The Bertz CT molecular complexity index is 434. The molecule has 0 aliphatic carbocycles. The van der Waals surface area contributed by atoms with E-state index in [4.69, 9.17) is 9.47 Å². The van der Waals surface area contributed by atoms with Gasteiger partial charge in [0.05, 0.1) is 14.2 Å². The van der Waals surface area contributed by atoms with Crippen molar-refractivity contribution < 1.29 is 14.3 Å². The van der Waals surface area contributed by atoms with Crippen LogP contribution in [0.15, 0.2) is 18.2 Å². The van der Waals surface area contributed by atoms with Crippen LogP contribution in [0.4, 0.5) is 5.69 Å². The van der Waals surface area contributed by atoms with Gasteiger partial charge in [-0.15, -0.1) is 0 Å². The molecule has 1 aliphatic heterocycles. The molecular formula is C15H22N2O3. The number of hydrogen-bond donors (Lipinski definition) is 2. The molecule has 1 saturated heterocycles. The zero-order valence-electron chi connectivity index (χ0n) is 12.1. The summed E-state index contributed by atoms with van der Waals surface area (Å²) < 4.78 is 10.4.